The van der Waals surface area contributed by atoms with Gasteiger partial charge in [0.2, 0.25) is 5.91 Å². The lowest BCUT2D eigenvalue weighted by Crippen LogP contribution is -2.28. The normalized spacial score (nSPS) is 11.7. The van der Waals surface area contributed by atoms with Gasteiger partial charge >= 0.3 is 6.18 Å². The Bertz CT molecular complexity index is 1380. The molecule has 1 amide bonds. The molecular weight excluding hydrogens is 486 g/mol. The molecule has 5 nitrogen and oxygen atoms in total. The number of fused-ring (bicyclic) bond motifs is 1. The van der Waals surface area contributed by atoms with Crippen LogP contribution in [0.15, 0.2) is 59.7 Å². The van der Waals surface area contributed by atoms with Gasteiger partial charge in [0.1, 0.15) is 11.2 Å². The van der Waals surface area contributed by atoms with Crippen LogP contribution in [0, 0.1) is 0 Å². The number of alkyl halides is 3. The first-order valence-corrected chi connectivity index (χ1v) is 10.6. The van der Waals surface area contributed by atoms with Gasteiger partial charge in [0.15, 0.2) is 0 Å². The van der Waals surface area contributed by atoms with Crippen LogP contribution >= 0.6 is 34.5 Å². The number of benzene rings is 2. The second-order valence-electron chi connectivity index (χ2n) is 6.75. The summed E-state index contributed by atoms with van der Waals surface area (Å²) in [5.41, 5.74) is -0.690. The van der Waals surface area contributed by atoms with Gasteiger partial charge in [-0.25, -0.2) is 4.98 Å². The number of nitrogens with one attached hydrogen (secondary N) is 1. The zero-order chi connectivity index (χ0) is 23.0. The van der Waals surface area contributed by atoms with Crippen LogP contribution in [0.25, 0.3) is 20.7 Å². The van der Waals surface area contributed by atoms with Crippen LogP contribution in [0.5, 0.6) is 0 Å². The molecule has 0 bridgehead atoms. The van der Waals surface area contributed by atoms with Gasteiger partial charge in [-0.15, -0.1) is 11.3 Å². The maximum atomic E-state index is 13.2. The van der Waals surface area contributed by atoms with E-state index in [0.717, 1.165) is 27.1 Å². The number of hydrogen-bond acceptors (Lipinski definition) is 4. The molecule has 2 aromatic carbocycles. The summed E-state index contributed by atoms with van der Waals surface area (Å²) < 4.78 is 41.1. The molecule has 4 rings (SSSR count). The van der Waals surface area contributed by atoms with Gasteiger partial charge in [0.25, 0.3) is 5.56 Å². The van der Waals surface area contributed by atoms with Crippen molar-refractivity contribution in [3.05, 3.63) is 80.8 Å². The fourth-order valence-electron chi connectivity index (χ4n) is 3.02. The van der Waals surface area contributed by atoms with E-state index in [2.05, 4.69) is 10.3 Å². The third-order valence-corrected chi connectivity index (χ3v) is 6.16. The summed E-state index contributed by atoms with van der Waals surface area (Å²) in [7, 11) is 0. The van der Waals surface area contributed by atoms with Crippen molar-refractivity contribution in [1.29, 1.82) is 0 Å². The zero-order valence-corrected chi connectivity index (χ0v) is 18.2. The summed E-state index contributed by atoms with van der Waals surface area (Å²) in [5.74, 6) is -0.810. The molecule has 0 saturated carbocycles. The Hall–Kier alpha value is -2.88. The smallest absolute Gasteiger partial charge is 0.324 e. The molecular formula is C21H12Cl2F3N3O2S. The van der Waals surface area contributed by atoms with Crippen LogP contribution < -0.4 is 10.9 Å². The number of amides is 1. The van der Waals surface area contributed by atoms with Crippen LogP contribution in [-0.2, 0) is 17.5 Å². The summed E-state index contributed by atoms with van der Waals surface area (Å²) in [6.07, 6.45) is -3.52. The van der Waals surface area contributed by atoms with Gasteiger partial charge in [-0.3, -0.25) is 14.2 Å². The molecule has 11 heteroatoms. The van der Waals surface area contributed by atoms with Crippen LogP contribution in [-0.4, -0.2) is 15.5 Å². The summed E-state index contributed by atoms with van der Waals surface area (Å²) in [6.45, 7) is -0.504. The second kappa shape index (κ2) is 8.57. The summed E-state index contributed by atoms with van der Waals surface area (Å²) in [5, 5.41) is 2.65. The van der Waals surface area contributed by atoms with Crippen molar-refractivity contribution in [2.45, 2.75) is 12.7 Å². The third kappa shape index (κ3) is 4.64. The maximum Gasteiger partial charge on any atom is 0.418 e. The SMILES string of the molecule is O=C(Cn1cnc2cc(-c3ccc(Cl)cc3)sc2c1=O)Nc1ccc(Cl)cc1C(F)(F)F. The van der Waals surface area contributed by atoms with E-state index in [1.165, 1.54) is 23.7 Å². The molecule has 164 valence electrons. The predicted molar refractivity (Wildman–Crippen MR) is 119 cm³/mol. The number of rotatable bonds is 4. The van der Waals surface area contributed by atoms with Gasteiger partial charge in [-0.2, -0.15) is 13.2 Å². The monoisotopic (exact) mass is 497 g/mol. The van der Waals surface area contributed by atoms with Crippen molar-refractivity contribution in [1.82, 2.24) is 9.55 Å². The first-order chi connectivity index (χ1) is 15.1. The topological polar surface area (TPSA) is 64.0 Å². The van der Waals surface area contributed by atoms with Crippen molar-refractivity contribution in [2.75, 3.05) is 5.32 Å². The van der Waals surface area contributed by atoms with E-state index in [1.54, 1.807) is 18.2 Å². The Morgan fingerprint density at radius 1 is 1.06 bits per heavy atom. The molecule has 0 fully saturated rings. The highest BCUT2D eigenvalue weighted by Gasteiger charge is 2.34. The molecule has 0 unspecified atom stereocenters. The standard InChI is InChI=1S/C21H12Cl2F3N3O2S/c22-12-3-1-11(2-4-12)17-8-16-19(32-17)20(31)29(10-27-16)9-18(30)28-15-6-5-13(23)7-14(15)21(24,25)26/h1-8,10H,9H2,(H,28,30). The second-order valence-corrected chi connectivity index (χ2v) is 8.67. The Morgan fingerprint density at radius 3 is 2.44 bits per heavy atom. The molecule has 0 spiro atoms. The Morgan fingerprint density at radius 2 is 1.75 bits per heavy atom. The number of hydrogen-bond donors (Lipinski definition) is 1. The largest absolute Gasteiger partial charge is 0.418 e. The zero-order valence-electron chi connectivity index (χ0n) is 15.9. The van der Waals surface area contributed by atoms with E-state index < -0.39 is 35.4 Å². The minimum Gasteiger partial charge on any atom is -0.324 e. The number of halogens is 5. The van der Waals surface area contributed by atoms with E-state index >= 15 is 0 Å². The number of anilines is 1. The summed E-state index contributed by atoms with van der Waals surface area (Å²) in [6, 6.07) is 11.8. The highest BCUT2D eigenvalue weighted by molar-refractivity contribution is 7.22. The molecule has 2 aromatic heterocycles. The highest BCUT2D eigenvalue weighted by atomic mass is 35.5. The van der Waals surface area contributed by atoms with E-state index in [-0.39, 0.29) is 5.02 Å². The number of thiophene rings is 1. The van der Waals surface area contributed by atoms with Gasteiger partial charge in [0.05, 0.1) is 23.1 Å². The Labute approximate surface area is 193 Å². The van der Waals surface area contributed by atoms with Crippen molar-refractivity contribution < 1.29 is 18.0 Å². The third-order valence-electron chi connectivity index (χ3n) is 4.51. The average Bonchev–Trinajstić information content (AvgIpc) is 3.16. The molecule has 2 heterocycles. The predicted octanol–water partition coefficient (Wildman–Crippen LogP) is 6.09. The van der Waals surface area contributed by atoms with Crippen molar-refractivity contribution in [3.8, 4) is 10.4 Å². The van der Waals surface area contributed by atoms with Crippen LogP contribution in [0.4, 0.5) is 18.9 Å². The average molecular weight is 498 g/mol. The number of aromatic nitrogens is 2. The lowest BCUT2D eigenvalue weighted by atomic mass is 10.1. The minimum atomic E-state index is -4.71. The van der Waals surface area contributed by atoms with Gasteiger partial charge in [-0.05, 0) is 42.0 Å². The molecule has 32 heavy (non-hydrogen) atoms. The van der Waals surface area contributed by atoms with E-state index in [1.807, 2.05) is 12.1 Å². The summed E-state index contributed by atoms with van der Waals surface area (Å²) in [4.78, 5) is 30.2. The number of carbonyl (C=O) groups excluding carboxylic acids is 1. The molecule has 0 atom stereocenters. The van der Waals surface area contributed by atoms with E-state index in [4.69, 9.17) is 23.2 Å². The van der Waals surface area contributed by atoms with Gasteiger partial charge in [-0.1, -0.05) is 35.3 Å². The lowest BCUT2D eigenvalue weighted by Gasteiger charge is -2.14. The first kappa shape index (κ1) is 22.3. The molecule has 1 N–H and O–H groups in total. The number of carbonyl (C=O) groups is 1. The minimum absolute atomic E-state index is 0.115. The molecule has 4 aromatic rings. The van der Waals surface area contributed by atoms with E-state index in [0.29, 0.717) is 15.2 Å². The van der Waals surface area contributed by atoms with Crippen LogP contribution in [0.3, 0.4) is 0 Å². The maximum absolute atomic E-state index is 13.2. The van der Waals surface area contributed by atoms with Crippen LogP contribution in [0.2, 0.25) is 10.0 Å². The molecule has 0 aliphatic rings. The Kier molecular flexibility index (Phi) is 5.98. The fraction of sp³-hybridized carbons (Fsp3) is 0.0952. The van der Waals surface area contributed by atoms with E-state index in [9.17, 15) is 22.8 Å². The number of nitrogens with zero attached hydrogens (tertiary/aromatic N) is 2. The lowest BCUT2D eigenvalue weighted by molar-refractivity contribution is -0.137. The van der Waals surface area contributed by atoms with Gasteiger partial charge < -0.3 is 5.32 Å². The highest BCUT2D eigenvalue weighted by Crippen LogP contribution is 2.36. The Balaban J connectivity index is 1.60. The van der Waals surface area contributed by atoms with Gasteiger partial charge in [0, 0.05) is 14.9 Å². The first-order valence-electron chi connectivity index (χ1n) is 9.03. The molecule has 0 aliphatic heterocycles. The molecule has 0 aliphatic carbocycles. The summed E-state index contributed by atoms with van der Waals surface area (Å²) >= 11 is 12.8. The van der Waals surface area contributed by atoms with Crippen LogP contribution in [0.1, 0.15) is 5.56 Å². The molecule has 0 saturated heterocycles. The van der Waals surface area contributed by atoms with Crippen molar-refractivity contribution >= 4 is 56.3 Å². The van der Waals surface area contributed by atoms with Crippen molar-refractivity contribution in [2.24, 2.45) is 0 Å². The fourth-order valence-corrected chi connectivity index (χ4v) is 4.38. The quantitative estimate of drug-likeness (QED) is 0.371. The van der Waals surface area contributed by atoms with Crippen molar-refractivity contribution in [3.63, 3.8) is 0 Å². The molecule has 0 radical (unpaired) electrons.